The summed E-state index contributed by atoms with van der Waals surface area (Å²) in [6.45, 7) is 4.82. The molecule has 21 heavy (non-hydrogen) atoms. The molecule has 0 radical (unpaired) electrons. The Balaban J connectivity index is 2.48. The van der Waals surface area contributed by atoms with Gasteiger partial charge in [-0.3, -0.25) is 0 Å². The SMILES string of the molecule is COc1ccc(-c2cc(F)ccc2Cl)c(CNC(C)C)c1. The minimum Gasteiger partial charge on any atom is -0.497 e. The molecule has 2 aromatic rings. The van der Waals surface area contributed by atoms with Crippen LogP contribution >= 0.6 is 11.6 Å². The molecule has 0 saturated heterocycles. The highest BCUT2D eigenvalue weighted by Gasteiger charge is 2.11. The number of rotatable bonds is 5. The Hall–Kier alpha value is -1.58. The van der Waals surface area contributed by atoms with Crippen molar-refractivity contribution in [3.05, 3.63) is 52.8 Å². The van der Waals surface area contributed by atoms with Crippen LogP contribution in [0.4, 0.5) is 4.39 Å². The fourth-order valence-electron chi connectivity index (χ4n) is 2.12. The predicted molar refractivity (Wildman–Crippen MR) is 85.4 cm³/mol. The number of ether oxygens (including phenoxy) is 1. The van der Waals surface area contributed by atoms with Crippen LogP contribution < -0.4 is 10.1 Å². The van der Waals surface area contributed by atoms with Crippen LogP contribution in [0.3, 0.4) is 0 Å². The molecule has 0 fully saturated rings. The topological polar surface area (TPSA) is 21.3 Å². The molecule has 0 aliphatic rings. The normalized spacial score (nSPS) is 11.0. The maximum Gasteiger partial charge on any atom is 0.123 e. The molecule has 0 amide bonds. The van der Waals surface area contributed by atoms with Crippen molar-refractivity contribution >= 4 is 11.6 Å². The van der Waals surface area contributed by atoms with Gasteiger partial charge in [0.15, 0.2) is 0 Å². The lowest BCUT2D eigenvalue weighted by molar-refractivity contribution is 0.414. The number of halogens is 2. The lowest BCUT2D eigenvalue weighted by atomic mass is 9.99. The van der Waals surface area contributed by atoms with Gasteiger partial charge in [-0.2, -0.15) is 0 Å². The standard InChI is InChI=1S/C17H19ClFNO/c1-11(2)20-10-12-8-14(21-3)5-6-15(12)16-9-13(19)4-7-17(16)18/h4-9,11,20H,10H2,1-3H3. The Morgan fingerprint density at radius 1 is 1.14 bits per heavy atom. The van der Waals surface area contributed by atoms with Crippen LogP contribution in [0.25, 0.3) is 11.1 Å². The van der Waals surface area contributed by atoms with E-state index in [9.17, 15) is 4.39 Å². The van der Waals surface area contributed by atoms with E-state index in [1.807, 2.05) is 18.2 Å². The van der Waals surface area contributed by atoms with Gasteiger partial charge in [0, 0.05) is 23.2 Å². The first-order valence-electron chi connectivity index (χ1n) is 6.87. The van der Waals surface area contributed by atoms with Crippen molar-refractivity contribution in [1.29, 1.82) is 0 Å². The summed E-state index contributed by atoms with van der Waals surface area (Å²) in [5.74, 6) is 0.472. The van der Waals surface area contributed by atoms with Crippen molar-refractivity contribution in [3.8, 4) is 16.9 Å². The van der Waals surface area contributed by atoms with E-state index in [-0.39, 0.29) is 5.82 Å². The summed E-state index contributed by atoms with van der Waals surface area (Å²) in [5, 5.41) is 3.90. The van der Waals surface area contributed by atoms with Crippen LogP contribution in [0, 0.1) is 5.82 Å². The lowest BCUT2D eigenvalue weighted by Gasteiger charge is -2.15. The minimum atomic E-state index is -0.298. The van der Waals surface area contributed by atoms with Gasteiger partial charge < -0.3 is 10.1 Å². The molecule has 2 rings (SSSR count). The van der Waals surface area contributed by atoms with Crippen LogP contribution in [-0.2, 0) is 6.54 Å². The molecule has 0 heterocycles. The van der Waals surface area contributed by atoms with E-state index in [2.05, 4.69) is 19.2 Å². The van der Waals surface area contributed by atoms with E-state index in [0.717, 1.165) is 16.9 Å². The van der Waals surface area contributed by atoms with E-state index in [0.29, 0.717) is 23.2 Å². The molecule has 0 atom stereocenters. The van der Waals surface area contributed by atoms with Gasteiger partial charge in [-0.1, -0.05) is 31.5 Å². The summed E-state index contributed by atoms with van der Waals surface area (Å²) in [4.78, 5) is 0. The Bertz CT molecular complexity index is 628. The largest absolute Gasteiger partial charge is 0.497 e. The Kier molecular flexibility index (Phi) is 5.21. The summed E-state index contributed by atoms with van der Waals surface area (Å²) in [7, 11) is 1.63. The first-order valence-corrected chi connectivity index (χ1v) is 7.24. The number of methoxy groups -OCH3 is 1. The van der Waals surface area contributed by atoms with Crippen molar-refractivity contribution in [2.24, 2.45) is 0 Å². The van der Waals surface area contributed by atoms with Crippen LogP contribution in [0.15, 0.2) is 36.4 Å². The zero-order valence-electron chi connectivity index (χ0n) is 12.4. The minimum absolute atomic E-state index is 0.298. The van der Waals surface area contributed by atoms with E-state index in [1.165, 1.54) is 12.1 Å². The molecule has 0 spiro atoms. The Morgan fingerprint density at radius 2 is 1.90 bits per heavy atom. The first-order chi connectivity index (χ1) is 10.0. The van der Waals surface area contributed by atoms with E-state index < -0.39 is 0 Å². The van der Waals surface area contributed by atoms with Crippen molar-refractivity contribution in [3.63, 3.8) is 0 Å². The smallest absolute Gasteiger partial charge is 0.123 e. The Labute approximate surface area is 129 Å². The molecule has 2 aromatic carbocycles. The molecular weight excluding hydrogens is 289 g/mol. The average Bonchev–Trinajstić information content (AvgIpc) is 2.47. The van der Waals surface area contributed by atoms with Gasteiger partial charge in [0.25, 0.3) is 0 Å². The molecule has 0 unspecified atom stereocenters. The van der Waals surface area contributed by atoms with Crippen molar-refractivity contribution < 1.29 is 9.13 Å². The molecule has 2 nitrogen and oxygen atoms in total. The maximum atomic E-state index is 13.5. The lowest BCUT2D eigenvalue weighted by Crippen LogP contribution is -2.22. The number of benzene rings is 2. The summed E-state index contributed by atoms with van der Waals surface area (Å²) in [6, 6.07) is 10.5. The van der Waals surface area contributed by atoms with Crippen molar-refractivity contribution in [1.82, 2.24) is 5.32 Å². The summed E-state index contributed by atoms with van der Waals surface area (Å²) >= 11 is 6.22. The third-order valence-corrected chi connectivity index (χ3v) is 3.56. The fraction of sp³-hybridized carbons (Fsp3) is 0.294. The van der Waals surface area contributed by atoms with E-state index >= 15 is 0 Å². The second-order valence-corrected chi connectivity index (χ2v) is 5.59. The number of nitrogens with one attached hydrogen (secondary N) is 1. The van der Waals surface area contributed by atoms with E-state index in [1.54, 1.807) is 13.2 Å². The highest BCUT2D eigenvalue weighted by atomic mass is 35.5. The fourth-order valence-corrected chi connectivity index (χ4v) is 2.34. The molecular formula is C17H19ClFNO. The predicted octanol–water partition coefficient (Wildman–Crippen LogP) is 4.65. The van der Waals surface area contributed by atoms with Gasteiger partial charge in [-0.15, -0.1) is 0 Å². The summed E-state index contributed by atoms with van der Waals surface area (Å²) in [5.41, 5.74) is 2.63. The third-order valence-electron chi connectivity index (χ3n) is 3.23. The van der Waals surface area contributed by atoms with Gasteiger partial charge in [0.2, 0.25) is 0 Å². The molecule has 112 valence electrons. The monoisotopic (exact) mass is 307 g/mol. The van der Waals surface area contributed by atoms with Gasteiger partial charge >= 0.3 is 0 Å². The molecule has 0 aliphatic carbocycles. The quantitative estimate of drug-likeness (QED) is 0.868. The van der Waals surface area contributed by atoms with E-state index in [4.69, 9.17) is 16.3 Å². The zero-order valence-corrected chi connectivity index (χ0v) is 13.2. The number of hydrogen-bond donors (Lipinski definition) is 1. The molecule has 4 heteroatoms. The summed E-state index contributed by atoms with van der Waals surface area (Å²) in [6.07, 6.45) is 0. The first kappa shape index (κ1) is 15.8. The second-order valence-electron chi connectivity index (χ2n) is 5.18. The van der Waals surface area contributed by atoms with Crippen LogP contribution in [-0.4, -0.2) is 13.2 Å². The highest BCUT2D eigenvalue weighted by molar-refractivity contribution is 6.33. The van der Waals surface area contributed by atoms with Crippen molar-refractivity contribution in [2.45, 2.75) is 26.4 Å². The van der Waals surface area contributed by atoms with Crippen LogP contribution in [0.5, 0.6) is 5.75 Å². The average molecular weight is 308 g/mol. The molecule has 1 N–H and O–H groups in total. The summed E-state index contributed by atoms with van der Waals surface area (Å²) < 4.78 is 18.8. The van der Waals surface area contributed by atoms with Crippen LogP contribution in [0.1, 0.15) is 19.4 Å². The second kappa shape index (κ2) is 6.92. The maximum absolute atomic E-state index is 13.5. The third kappa shape index (κ3) is 3.96. The van der Waals surface area contributed by atoms with Gasteiger partial charge in [0.1, 0.15) is 11.6 Å². The molecule has 0 aromatic heterocycles. The molecule has 0 saturated carbocycles. The van der Waals surface area contributed by atoms with Gasteiger partial charge in [0.05, 0.1) is 7.11 Å². The van der Waals surface area contributed by atoms with Gasteiger partial charge in [-0.05, 0) is 41.5 Å². The van der Waals surface area contributed by atoms with Crippen LogP contribution in [0.2, 0.25) is 5.02 Å². The molecule has 0 aliphatic heterocycles. The van der Waals surface area contributed by atoms with Gasteiger partial charge in [-0.25, -0.2) is 4.39 Å². The number of hydrogen-bond acceptors (Lipinski definition) is 2. The Morgan fingerprint density at radius 3 is 2.57 bits per heavy atom. The highest BCUT2D eigenvalue weighted by Crippen LogP contribution is 2.33. The molecule has 0 bridgehead atoms. The zero-order chi connectivity index (χ0) is 15.4. The van der Waals surface area contributed by atoms with Crippen molar-refractivity contribution in [2.75, 3.05) is 7.11 Å².